The molecule has 2 aromatic carbocycles. The second-order valence-corrected chi connectivity index (χ2v) is 8.80. The number of imidazole rings is 1. The van der Waals surface area contributed by atoms with Crippen molar-refractivity contribution >= 4 is 23.0 Å². The molecule has 0 radical (unpaired) electrons. The largest absolute Gasteiger partial charge is 0.495 e. The Bertz CT molecular complexity index is 1510. The number of hydrogen-bond acceptors (Lipinski definition) is 7. The molecule has 39 heavy (non-hydrogen) atoms. The molecule has 0 saturated carbocycles. The standard InChI is InChI=1S/C28H31N5O6/c1-3-39-19-15-13-18(14-16-19)25-30-24(27(36)29-17-9-5-4-6-12-22(34)35)23-26(32-25)33(28(37)31-23)20-10-7-8-11-21(20)38-2/h7-8,10-11,13-16H,3-6,9,12,17H2,1-2H3,(H,29,36)(H,31,37)(H,34,35). The van der Waals surface area contributed by atoms with Crippen LogP contribution in [0.4, 0.5) is 0 Å². The van der Waals surface area contributed by atoms with Gasteiger partial charge in [-0.05, 0) is 56.2 Å². The number of aromatic nitrogens is 4. The van der Waals surface area contributed by atoms with Gasteiger partial charge in [0.2, 0.25) is 0 Å². The zero-order chi connectivity index (χ0) is 27.8. The Morgan fingerprint density at radius 3 is 2.49 bits per heavy atom. The van der Waals surface area contributed by atoms with E-state index in [2.05, 4.69) is 20.3 Å². The van der Waals surface area contributed by atoms with Crippen LogP contribution >= 0.6 is 0 Å². The van der Waals surface area contributed by atoms with Crippen LogP contribution in [0.3, 0.4) is 0 Å². The van der Waals surface area contributed by atoms with Gasteiger partial charge >= 0.3 is 11.7 Å². The van der Waals surface area contributed by atoms with E-state index in [1.54, 1.807) is 48.5 Å². The first-order valence-corrected chi connectivity index (χ1v) is 12.8. The van der Waals surface area contributed by atoms with E-state index < -0.39 is 17.6 Å². The number of aliphatic carboxylic acids is 1. The van der Waals surface area contributed by atoms with Gasteiger partial charge in [-0.2, -0.15) is 0 Å². The van der Waals surface area contributed by atoms with Gasteiger partial charge < -0.3 is 24.9 Å². The Labute approximate surface area is 224 Å². The Hall–Kier alpha value is -4.67. The highest BCUT2D eigenvalue weighted by Gasteiger charge is 2.22. The van der Waals surface area contributed by atoms with Crippen LogP contribution in [0.25, 0.3) is 28.2 Å². The number of carboxylic acid groups (broad SMARTS) is 1. The molecule has 0 fully saturated rings. The van der Waals surface area contributed by atoms with E-state index in [0.29, 0.717) is 48.7 Å². The van der Waals surface area contributed by atoms with Gasteiger partial charge in [0.1, 0.15) is 17.0 Å². The lowest BCUT2D eigenvalue weighted by Crippen LogP contribution is -2.26. The van der Waals surface area contributed by atoms with Crippen molar-refractivity contribution in [3.8, 4) is 28.6 Å². The van der Waals surface area contributed by atoms with Gasteiger partial charge in [-0.25, -0.2) is 19.3 Å². The van der Waals surface area contributed by atoms with Crippen molar-refractivity contribution in [3.63, 3.8) is 0 Å². The number of nitrogens with zero attached hydrogens (tertiary/aromatic N) is 3. The fourth-order valence-electron chi connectivity index (χ4n) is 4.22. The van der Waals surface area contributed by atoms with Gasteiger partial charge in [-0.1, -0.05) is 25.0 Å². The van der Waals surface area contributed by atoms with E-state index in [1.165, 1.54) is 11.7 Å². The van der Waals surface area contributed by atoms with Crippen LogP contribution in [0.15, 0.2) is 53.3 Å². The van der Waals surface area contributed by atoms with Crippen LogP contribution in [0, 0.1) is 0 Å². The highest BCUT2D eigenvalue weighted by atomic mass is 16.5. The molecular weight excluding hydrogens is 502 g/mol. The summed E-state index contributed by atoms with van der Waals surface area (Å²) in [5, 5.41) is 11.6. The van der Waals surface area contributed by atoms with E-state index >= 15 is 0 Å². The topological polar surface area (TPSA) is 148 Å². The number of para-hydroxylation sites is 2. The Morgan fingerprint density at radius 1 is 1.03 bits per heavy atom. The number of rotatable bonds is 13. The van der Waals surface area contributed by atoms with Crippen LogP contribution in [-0.4, -0.2) is 56.8 Å². The van der Waals surface area contributed by atoms with E-state index in [-0.39, 0.29) is 29.1 Å². The Morgan fingerprint density at radius 2 is 1.77 bits per heavy atom. The number of carbonyl (C=O) groups is 2. The summed E-state index contributed by atoms with van der Waals surface area (Å²) in [7, 11) is 1.51. The molecule has 0 spiro atoms. The van der Waals surface area contributed by atoms with Gasteiger partial charge in [0.25, 0.3) is 5.91 Å². The summed E-state index contributed by atoms with van der Waals surface area (Å²) in [6.07, 6.45) is 2.96. The molecule has 4 rings (SSSR count). The lowest BCUT2D eigenvalue weighted by atomic mass is 10.1. The molecular formula is C28H31N5O6. The van der Waals surface area contributed by atoms with E-state index in [4.69, 9.17) is 14.6 Å². The Balaban J connectivity index is 1.70. The lowest BCUT2D eigenvalue weighted by Gasteiger charge is -2.11. The minimum Gasteiger partial charge on any atom is -0.495 e. The molecule has 2 heterocycles. The van der Waals surface area contributed by atoms with Gasteiger partial charge in [-0.15, -0.1) is 0 Å². The summed E-state index contributed by atoms with van der Waals surface area (Å²) in [6, 6.07) is 14.2. The molecule has 0 atom stereocenters. The van der Waals surface area contributed by atoms with Crippen molar-refractivity contribution in [1.29, 1.82) is 0 Å². The van der Waals surface area contributed by atoms with E-state index in [9.17, 15) is 14.4 Å². The smallest absolute Gasteiger partial charge is 0.332 e. The number of unbranched alkanes of at least 4 members (excludes halogenated alkanes) is 3. The van der Waals surface area contributed by atoms with Gasteiger partial charge in [0, 0.05) is 18.5 Å². The summed E-state index contributed by atoms with van der Waals surface area (Å²) < 4.78 is 12.4. The van der Waals surface area contributed by atoms with Crippen molar-refractivity contribution in [1.82, 2.24) is 24.8 Å². The summed E-state index contributed by atoms with van der Waals surface area (Å²) in [6.45, 7) is 2.81. The summed E-state index contributed by atoms with van der Waals surface area (Å²) in [5.74, 6) is 0.167. The number of carboxylic acids is 1. The number of benzene rings is 2. The SMILES string of the molecule is CCOc1ccc(-c2nc(C(=O)NCCCCCCC(=O)O)c3[nH]c(=O)n(-c4ccccc4OC)c3n2)cc1. The molecule has 0 aliphatic carbocycles. The molecule has 1 amide bonds. The molecule has 11 heteroatoms. The fraction of sp³-hybridized carbons (Fsp3) is 0.321. The van der Waals surface area contributed by atoms with Crippen molar-refractivity contribution < 1.29 is 24.2 Å². The predicted octanol–water partition coefficient (Wildman–Crippen LogP) is 3.95. The van der Waals surface area contributed by atoms with Crippen LogP contribution in [0.2, 0.25) is 0 Å². The van der Waals surface area contributed by atoms with Crippen LogP contribution in [-0.2, 0) is 4.79 Å². The minimum atomic E-state index is -0.812. The second-order valence-electron chi connectivity index (χ2n) is 8.80. The number of amides is 1. The normalized spacial score (nSPS) is 10.9. The van der Waals surface area contributed by atoms with Crippen LogP contribution in [0.1, 0.15) is 49.5 Å². The average molecular weight is 534 g/mol. The fourth-order valence-corrected chi connectivity index (χ4v) is 4.22. The molecule has 0 aliphatic heterocycles. The first-order chi connectivity index (χ1) is 18.9. The molecule has 0 bridgehead atoms. The number of aromatic amines is 1. The van der Waals surface area contributed by atoms with Crippen molar-refractivity contribution in [2.24, 2.45) is 0 Å². The molecule has 11 nitrogen and oxygen atoms in total. The summed E-state index contributed by atoms with van der Waals surface area (Å²) >= 11 is 0. The molecule has 2 aromatic heterocycles. The number of nitrogens with one attached hydrogen (secondary N) is 2. The first kappa shape index (κ1) is 27.4. The number of carbonyl (C=O) groups excluding carboxylic acids is 1. The van der Waals surface area contributed by atoms with Crippen molar-refractivity contribution in [3.05, 3.63) is 64.7 Å². The third-order valence-corrected chi connectivity index (χ3v) is 6.10. The van der Waals surface area contributed by atoms with E-state index in [1.807, 2.05) is 6.92 Å². The number of hydrogen-bond donors (Lipinski definition) is 3. The summed E-state index contributed by atoms with van der Waals surface area (Å²) in [4.78, 5) is 49.1. The minimum absolute atomic E-state index is 0.0421. The molecule has 0 saturated heterocycles. The maximum atomic E-state index is 13.3. The van der Waals surface area contributed by atoms with Crippen molar-refractivity contribution in [2.45, 2.75) is 39.0 Å². The maximum absolute atomic E-state index is 13.3. The number of fused-ring (bicyclic) bond motifs is 1. The lowest BCUT2D eigenvalue weighted by molar-refractivity contribution is -0.137. The molecule has 4 aromatic rings. The van der Waals surface area contributed by atoms with Crippen LogP contribution < -0.4 is 20.5 Å². The van der Waals surface area contributed by atoms with Crippen LogP contribution in [0.5, 0.6) is 11.5 Å². The number of methoxy groups -OCH3 is 1. The molecule has 204 valence electrons. The molecule has 3 N–H and O–H groups in total. The monoisotopic (exact) mass is 533 g/mol. The maximum Gasteiger partial charge on any atom is 0.332 e. The number of H-pyrrole nitrogens is 1. The molecule has 0 unspecified atom stereocenters. The first-order valence-electron chi connectivity index (χ1n) is 12.8. The van der Waals surface area contributed by atoms with Gasteiger partial charge in [0.15, 0.2) is 17.2 Å². The van der Waals surface area contributed by atoms with E-state index in [0.717, 1.165) is 12.8 Å². The predicted molar refractivity (Wildman–Crippen MR) is 146 cm³/mol. The summed E-state index contributed by atoms with van der Waals surface area (Å²) in [5.41, 5.74) is 1.12. The van der Waals surface area contributed by atoms with Gasteiger partial charge in [0.05, 0.1) is 19.4 Å². The third-order valence-electron chi connectivity index (χ3n) is 6.10. The highest BCUT2D eigenvalue weighted by Crippen LogP contribution is 2.27. The molecule has 0 aliphatic rings. The zero-order valence-corrected chi connectivity index (χ0v) is 21.9. The Kier molecular flexibility index (Phi) is 8.93. The zero-order valence-electron chi connectivity index (χ0n) is 21.9. The van der Waals surface area contributed by atoms with Gasteiger partial charge in [-0.3, -0.25) is 9.59 Å². The highest BCUT2D eigenvalue weighted by molar-refractivity contribution is 6.03. The third kappa shape index (κ3) is 6.43. The quantitative estimate of drug-likeness (QED) is 0.219. The second kappa shape index (κ2) is 12.7. The average Bonchev–Trinajstić information content (AvgIpc) is 3.27. The van der Waals surface area contributed by atoms with Crippen molar-refractivity contribution in [2.75, 3.05) is 20.3 Å². The number of ether oxygens (including phenoxy) is 2.